The Hall–Kier alpha value is -1.78. The molecular formula is C18H21Cl2N3O. The number of carbonyl (C=O) groups excluding carboxylic acids is 1. The van der Waals surface area contributed by atoms with Gasteiger partial charge in [-0.25, -0.2) is 4.98 Å². The number of halogens is 2. The summed E-state index contributed by atoms with van der Waals surface area (Å²) in [7, 11) is 0. The fourth-order valence-electron chi connectivity index (χ4n) is 2.18. The molecule has 2 N–H and O–H groups in total. The number of nitrogens with zero attached hydrogens (tertiary/aromatic N) is 1. The van der Waals surface area contributed by atoms with Gasteiger partial charge in [-0.1, -0.05) is 42.6 Å². The highest BCUT2D eigenvalue weighted by molar-refractivity contribution is 6.35. The first kappa shape index (κ1) is 18.6. The predicted octanol–water partition coefficient (Wildman–Crippen LogP) is 5.17. The number of pyridine rings is 1. The van der Waals surface area contributed by atoms with E-state index >= 15 is 0 Å². The lowest BCUT2D eigenvalue weighted by molar-refractivity contribution is -0.116. The van der Waals surface area contributed by atoms with Crippen LogP contribution in [-0.2, 0) is 11.2 Å². The Balaban J connectivity index is 1.80. The van der Waals surface area contributed by atoms with E-state index in [1.165, 1.54) is 0 Å². The first-order chi connectivity index (χ1) is 11.6. The van der Waals surface area contributed by atoms with Crippen molar-refractivity contribution < 1.29 is 4.79 Å². The predicted molar refractivity (Wildman–Crippen MR) is 101 cm³/mol. The zero-order valence-corrected chi connectivity index (χ0v) is 15.1. The second-order valence-electron chi connectivity index (χ2n) is 5.50. The van der Waals surface area contributed by atoms with Crippen LogP contribution < -0.4 is 10.6 Å². The maximum absolute atomic E-state index is 11.7. The van der Waals surface area contributed by atoms with Crippen molar-refractivity contribution in [1.82, 2.24) is 4.98 Å². The summed E-state index contributed by atoms with van der Waals surface area (Å²) < 4.78 is 0. The highest BCUT2D eigenvalue weighted by Crippen LogP contribution is 2.21. The zero-order chi connectivity index (χ0) is 17.4. The normalized spacial score (nSPS) is 10.5. The number of carbonyl (C=O) groups is 1. The van der Waals surface area contributed by atoms with Crippen LogP contribution in [0.1, 0.15) is 31.7 Å². The van der Waals surface area contributed by atoms with Crippen LogP contribution in [0.25, 0.3) is 0 Å². The fourth-order valence-corrected chi connectivity index (χ4v) is 2.68. The van der Waals surface area contributed by atoms with Gasteiger partial charge < -0.3 is 10.6 Å². The van der Waals surface area contributed by atoms with Crippen LogP contribution in [0.3, 0.4) is 0 Å². The molecule has 4 nitrogen and oxygen atoms in total. The molecule has 1 aromatic carbocycles. The molecule has 0 spiro atoms. The molecule has 1 heterocycles. The molecular weight excluding hydrogens is 345 g/mol. The smallest absolute Gasteiger partial charge is 0.225 e. The van der Waals surface area contributed by atoms with Crippen molar-refractivity contribution >= 4 is 40.6 Å². The molecule has 1 amide bonds. The number of benzene rings is 1. The summed E-state index contributed by atoms with van der Waals surface area (Å²) in [6, 6.07) is 9.20. The number of anilines is 2. The Morgan fingerprint density at radius 3 is 2.71 bits per heavy atom. The Bertz CT molecular complexity index is 674. The van der Waals surface area contributed by atoms with E-state index in [1.807, 2.05) is 18.2 Å². The van der Waals surface area contributed by atoms with Crippen molar-refractivity contribution in [2.24, 2.45) is 0 Å². The SMILES string of the molecule is CCCCC(=O)Nc1ccc(NCCc2ccc(Cl)cc2Cl)cn1. The summed E-state index contributed by atoms with van der Waals surface area (Å²) >= 11 is 12.0. The number of aromatic nitrogens is 1. The Morgan fingerprint density at radius 2 is 2.04 bits per heavy atom. The summed E-state index contributed by atoms with van der Waals surface area (Å²) in [4.78, 5) is 15.9. The number of nitrogens with one attached hydrogen (secondary N) is 2. The van der Waals surface area contributed by atoms with Crippen LogP contribution in [0, 0.1) is 0 Å². The number of rotatable bonds is 8. The molecule has 0 fully saturated rings. The molecule has 0 aliphatic heterocycles. The summed E-state index contributed by atoms with van der Waals surface area (Å²) in [5.74, 6) is 0.574. The standard InChI is InChI=1S/C18H21Cl2N3O/c1-2-3-4-18(24)23-17-8-7-15(12-22-17)21-10-9-13-5-6-14(19)11-16(13)20/h5-8,11-12,21H,2-4,9-10H2,1H3,(H,22,23,24). The first-order valence-corrected chi connectivity index (χ1v) is 8.77. The molecule has 0 bridgehead atoms. The van der Waals surface area contributed by atoms with E-state index in [0.29, 0.717) is 22.3 Å². The van der Waals surface area contributed by atoms with Crippen molar-refractivity contribution in [3.05, 3.63) is 52.1 Å². The number of unbranched alkanes of at least 4 members (excludes halogenated alkanes) is 1. The van der Waals surface area contributed by atoms with E-state index < -0.39 is 0 Å². The van der Waals surface area contributed by atoms with Crippen LogP contribution in [-0.4, -0.2) is 17.4 Å². The molecule has 2 rings (SSSR count). The van der Waals surface area contributed by atoms with Gasteiger partial charge in [0.15, 0.2) is 0 Å². The van der Waals surface area contributed by atoms with Crippen LogP contribution in [0.15, 0.2) is 36.5 Å². The highest BCUT2D eigenvalue weighted by atomic mass is 35.5. The van der Waals surface area contributed by atoms with Gasteiger partial charge >= 0.3 is 0 Å². The third-order valence-corrected chi connectivity index (χ3v) is 4.11. The largest absolute Gasteiger partial charge is 0.383 e. The zero-order valence-electron chi connectivity index (χ0n) is 13.6. The summed E-state index contributed by atoms with van der Waals surface area (Å²) in [6.45, 7) is 2.79. The van der Waals surface area contributed by atoms with E-state index in [0.717, 1.165) is 37.1 Å². The Labute approximate surface area is 152 Å². The lowest BCUT2D eigenvalue weighted by Crippen LogP contribution is -2.12. The van der Waals surface area contributed by atoms with E-state index in [9.17, 15) is 4.79 Å². The lowest BCUT2D eigenvalue weighted by atomic mass is 10.1. The summed E-state index contributed by atoms with van der Waals surface area (Å²) in [5, 5.41) is 7.38. The topological polar surface area (TPSA) is 54.0 Å². The lowest BCUT2D eigenvalue weighted by Gasteiger charge is -2.09. The van der Waals surface area contributed by atoms with Crippen LogP contribution in [0.5, 0.6) is 0 Å². The molecule has 0 atom stereocenters. The maximum atomic E-state index is 11.7. The molecule has 128 valence electrons. The van der Waals surface area contributed by atoms with Crippen LogP contribution in [0.2, 0.25) is 10.0 Å². The van der Waals surface area contributed by atoms with Crippen LogP contribution in [0.4, 0.5) is 11.5 Å². The van der Waals surface area contributed by atoms with Crippen molar-refractivity contribution in [3.63, 3.8) is 0 Å². The van der Waals surface area contributed by atoms with E-state index in [2.05, 4.69) is 22.5 Å². The molecule has 0 unspecified atom stereocenters. The minimum atomic E-state index is 0.00226. The van der Waals surface area contributed by atoms with Crippen LogP contribution >= 0.6 is 23.2 Å². The third kappa shape index (κ3) is 6.02. The third-order valence-electron chi connectivity index (χ3n) is 3.53. The van der Waals surface area contributed by atoms with Crippen molar-refractivity contribution in [2.45, 2.75) is 32.6 Å². The molecule has 0 saturated heterocycles. The van der Waals surface area contributed by atoms with Gasteiger partial charge in [0.2, 0.25) is 5.91 Å². The van der Waals surface area contributed by atoms with Gasteiger partial charge in [-0.3, -0.25) is 4.79 Å². The van der Waals surface area contributed by atoms with E-state index in [4.69, 9.17) is 23.2 Å². The number of hydrogen-bond donors (Lipinski definition) is 2. The highest BCUT2D eigenvalue weighted by Gasteiger charge is 2.04. The molecule has 24 heavy (non-hydrogen) atoms. The van der Waals surface area contributed by atoms with Gasteiger partial charge in [-0.2, -0.15) is 0 Å². The van der Waals surface area contributed by atoms with Gasteiger partial charge in [0.05, 0.1) is 11.9 Å². The number of amides is 1. The summed E-state index contributed by atoms with van der Waals surface area (Å²) in [5.41, 5.74) is 1.94. The summed E-state index contributed by atoms with van der Waals surface area (Å²) in [6.07, 6.45) is 4.91. The molecule has 2 aromatic rings. The van der Waals surface area contributed by atoms with Crippen molar-refractivity contribution in [3.8, 4) is 0 Å². The average molecular weight is 366 g/mol. The van der Waals surface area contributed by atoms with Gasteiger partial charge in [0.1, 0.15) is 5.82 Å². The van der Waals surface area contributed by atoms with Gasteiger partial charge in [-0.05, 0) is 42.7 Å². The monoisotopic (exact) mass is 365 g/mol. The minimum absolute atomic E-state index is 0.00226. The Kier molecular flexibility index (Phi) is 7.35. The van der Waals surface area contributed by atoms with E-state index in [-0.39, 0.29) is 5.91 Å². The van der Waals surface area contributed by atoms with Gasteiger partial charge in [0, 0.05) is 23.0 Å². The average Bonchev–Trinajstić information content (AvgIpc) is 2.56. The van der Waals surface area contributed by atoms with Crippen molar-refractivity contribution in [2.75, 3.05) is 17.2 Å². The first-order valence-electron chi connectivity index (χ1n) is 8.02. The van der Waals surface area contributed by atoms with Crippen molar-refractivity contribution in [1.29, 1.82) is 0 Å². The second-order valence-corrected chi connectivity index (χ2v) is 6.34. The molecule has 0 saturated carbocycles. The molecule has 0 aliphatic carbocycles. The fraction of sp³-hybridized carbons (Fsp3) is 0.333. The van der Waals surface area contributed by atoms with Gasteiger partial charge in [-0.15, -0.1) is 0 Å². The molecule has 1 aromatic heterocycles. The maximum Gasteiger partial charge on any atom is 0.225 e. The minimum Gasteiger partial charge on any atom is -0.383 e. The second kappa shape index (κ2) is 9.50. The Morgan fingerprint density at radius 1 is 1.21 bits per heavy atom. The molecule has 6 heteroatoms. The quantitative estimate of drug-likeness (QED) is 0.678. The number of hydrogen-bond acceptors (Lipinski definition) is 3. The van der Waals surface area contributed by atoms with E-state index in [1.54, 1.807) is 18.3 Å². The molecule has 0 aliphatic rings. The molecule has 0 radical (unpaired) electrons. The van der Waals surface area contributed by atoms with Gasteiger partial charge in [0.25, 0.3) is 0 Å².